The topological polar surface area (TPSA) is 66.5 Å². The fourth-order valence-corrected chi connectivity index (χ4v) is 5.27. The van der Waals surface area contributed by atoms with Gasteiger partial charge in [-0.3, -0.25) is 9.10 Å². The molecule has 0 radical (unpaired) electrons. The Morgan fingerprint density at radius 1 is 1.12 bits per heavy atom. The number of anilines is 1. The lowest BCUT2D eigenvalue weighted by atomic mass is 9.95. The second kappa shape index (κ2) is 7.31. The minimum Gasteiger partial charge on any atom is -0.349 e. The number of hydrogen-bond acceptors (Lipinski definition) is 3. The van der Waals surface area contributed by atoms with E-state index in [1.54, 1.807) is 18.2 Å². The van der Waals surface area contributed by atoms with Gasteiger partial charge in [0, 0.05) is 12.6 Å². The van der Waals surface area contributed by atoms with Gasteiger partial charge in [0.1, 0.15) is 0 Å². The maximum Gasteiger partial charge on any atom is 0.253 e. The predicted molar refractivity (Wildman–Crippen MR) is 96.2 cm³/mol. The minimum atomic E-state index is -3.30. The quantitative estimate of drug-likeness (QED) is 0.887. The van der Waals surface area contributed by atoms with Crippen LogP contribution in [-0.4, -0.2) is 32.7 Å². The fraction of sp³-hybridized carbons (Fsp3) is 0.588. The van der Waals surface area contributed by atoms with Crippen molar-refractivity contribution in [1.29, 1.82) is 0 Å². The van der Waals surface area contributed by atoms with Crippen LogP contribution in [0.15, 0.2) is 18.2 Å². The van der Waals surface area contributed by atoms with Gasteiger partial charge in [-0.05, 0) is 43.9 Å². The lowest BCUT2D eigenvalue weighted by Gasteiger charge is -2.29. The van der Waals surface area contributed by atoms with E-state index in [2.05, 4.69) is 5.32 Å². The van der Waals surface area contributed by atoms with Crippen molar-refractivity contribution in [3.63, 3.8) is 0 Å². The molecule has 1 aromatic rings. The van der Waals surface area contributed by atoms with Gasteiger partial charge >= 0.3 is 0 Å². The number of halogens is 1. The summed E-state index contributed by atoms with van der Waals surface area (Å²) in [5.41, 5.74) is 0.869. The Kier molecular flexibility index (Phi) is 5.35. The number of rotatable bonds is 3. The van der Waals surface area contributed by atoms with Crippen molar-refractivity contribution in [2.45, 2.75) is 51.0 Å². The van der Waals surface area contributed by atoms with Gasteiger partial charge in [0.25, 0.3) is 5.91 Å². The van der Waals surface area contributed by atoms with E-state index >= 15 is 0 Å². The molecule has 2 aliphatic rings. The smallest absolute Gasteiger partial charge is 0.253 e. The van der Waals surface area contributed by atoms with Gasteiger partial charge in [-0.1, -0.05) is 30.9 Å². The van der Waals surface area contributed by atoms with E-state index in [0.717, 1.165) is 32.1 Å². The first-order chi connectivity index (χ1) is 11.5. The van der Waals surface area contributed by atoms with Gasteiger partial charge in [-0.2, -0.15) is 0 Å². The molecule has 1 N–H and O–H groups in total. The molecule has 3 rings (SSSR count). The number of benzene rings is 1. The molecular formula is C17H23ClN2O3S. The van der Waals surface area contributed by atoms with Crippen LogP contribution in [0.4, 0.5) is 5.69 Å². The van der Waals surface area contributed by atoms with E-state index in [0.29, 0.717) is 29.2 Å². The standard InChI is InChI=1S/C17H23ClN2O3S/c18-16-9-8-14(20-10-4-5-11-24(20,22)23)12-15(16)17(21)19-13-6-2-1-3-7-13/h8-9,12-13H,1-7,10-11H2,(H,19,21). The maximum absolute atomic E-state index is 12.6. The summed E-state index contributed by atoms with van der Waals surface area (Å²) >= 11 is 6.19. The molecule has 1 aliphatic carbocycles. The van der Waals surface area contributed by atoms with Crippen LogP contribution < -0.4 is 9.62 Å². The molecule has 0 atom stereocenters. The van der Waals surface area contributed by atoms with Crippen LogP contribution >= 0.6 is 11.6 Å². The summed E-state index contributed by atoms with van der Waals surface area (Å²) in [5.74, 6) is -0.0673. The van der Waals surface area contributed by atoms with Crippen molar-refractivity contribution in [1.82, 2.24) is 5.32 Å². The zero-order chi connectivity index (χ0) is 17.2. The van der Waals surface area contributed by atoms with Crippen molar-refractivity contribution < 1.29 is 13.2 Å². The van der Waals surface area contributed by atoms with Crippen LogP contribution in [0.1, 0.15) is 55.3 Å². The predicted octanol–water partition coefficient (Wildman–Crippen LogP) is 3.33. The van der Waals surface area contributed by atoms with Crippen molar-refractivity contribution >= 4 is 33.2 Å². The largest absolute Gasteiger partial charge is 0.349 e. The van der Waals surface area contributed by atoms with Gasteiger partial charge in [-0.25, -0.2) is 8.42 Å². The average Bonchev–Trinajstić information content (AvgIpc) is 2.56. The second-order valence-electron chi connectivity index (χ2n) is 6.57. The molecule has 132 valence electrons. The van der Waals surface area contributed by atoms with Gasteiger partial charge < -0.3 is 5.32 Å². The van der Waals surface area contributed by atoms with Crippen LogP contribution in [0.2, 0.25) is 5.02 Å². The summed E-state index contributed by atoms with van der Waals surface area (Å²) in [6, 6.07) is 5.06. The van der Waals surface area contributed by atoms with Gasteiger partial charge in [0.2, 0.25) is 10.0 Å². The third-order valence-electron chi connectivity index (χ3n) is 4.77. The summed E-state index contributed by atoms with van der Waals surface area (Å²) in [4.78, 5) is 12.6. The molecule has 5 nitrogen and oxygen atoms in total. The Morgan fingerprint density at radius 3 is 2.58 bits per heavy atom. The third kappa shape index (κ3) is 3.86. The van der Waals surface area contributed by atoms with E-state index in [9.17, 15) is 13.2 Å². The Balaban J connectivity index is 1.82. The molecule has 24 heavy (non-hydrogen) atoms. The molecule has 1 aliphatic heterocycles. The molecule has 2 fully saturated rings. The Hall–Kier alpha value is -1.27. The number of hydrogen-bond donors (Lipinski definition) is 1. The highest BCUT2D eigenvalue weighted by Gasteiger charge is 2.27. The Morgan fingerprint density at radius 2 is 1.88 bits per heavy atom. The lowest BCUT2D eigenvalue weighted by molar-refractivity contribution is 0.0928. The number of nitrogens with zero attached hydrogens (tertiary/aromatic N) is 1. The minimum absolute atomic E-state index is 0.152. The van der Waals surface area contributed by atoms with E-state index in [1.165, 1.54) is 10.7 Å². The SMILES string of the molecule is O=C(NC1CCCCC1)c1cc(N2CCCCS2(=O)=O)ccc1Cl. The zero-order valence-electron chi connectivity index (χ0n) is 13.6. The molecule has 1 saturated carbocycles. The molecule has 1 heterocycles. The van der Waals surface area contributed by atoms with Crippen molar-refractivity contribution in [2.24, 2.45) is 0 Å². The molecule has 0 unspecified atom stereocenters. The Bertz CT molecular complexity index is 715. The lowest BCUT2D eigenvalue weighted by Crippen LogP contribution is -2.38. The highest BCUT2D eigenvalue weighted by molar-refractivity contribution is 7.92. The molecule has 7 heteroatoms. The highest BCUT2D eigenvalue weighted by Crippen LogP contribution is 2.28. The summed E-state index contributed by atoms with van der Waals surface area (Å²) in [5, 5.41) is 3.38. The van der Waals surface area contributed by atoms with Crippen LogP contribution in [-0.2, 0) is 10.0 Å². The van der Waals surface area contributed by atoms with E-state index in [-0.39, 0.29) is 17.7 Å². The summed E-state index contributed by atoms with van der Waals surface area (Å²) in [6.07, 6.45) is 6.96. The van der Waals surface area contributed by atoms with Crippen molar-refractivity contribution in [3.05, 3.63) is 28.8 Å². The van der Waals surface area contributed by atoms with E-state index < -0.39 is 10.0 Å². The van der Waals surface area contributed by atoms with E-state index in [4.69, 9.17) is 11.6 Å². The highest BCUT2D eigenvalue weighted by atomic mass is 35.5. The molecule has 0 bridgehead atoms. The first-order valence-corrected chi connectivity index (χ1v) is 10.6. The molecule has 0 spiro atoms. The molecule has 0 aromatic heterocycles. The molecule has 1 amide bonds. The van der Waals surface area contributed by atoms with Crippen molar-refractivity contribution in [3.8, 4) is 0 Å². The maximum atomic E-state index is 12.6. The average molecular weight is 371 g/mol. The van der Waals surface area contributed by atoms with Crippen LogP contribution in [0.25, 0.3) is 0 Å². The molecule has 1 saturated heterocycles. The van der Waals surface area contributed by atoms with Crippen LogP contribution in [0, 0.1) is 0 Å². The normalized spacial score (nSPS) is 21.5. The first kappa shape index (κ1) is 17.5. The van der Waals surface area contributed by atoms with Crippen LogP contribution in [0.5, 0.6) is 0 Å². The summed E-state index contributed by atoms with van der Waals surface area (Å²) in [6.45, 7) is 0.452. The van der Waals surface area contributed by atoms with Crippen LogP contribution in [0.3, 0.4) is 0 Å². The second-order valence-corrected chi connectivity index (χ2v) is 8.99. The number of carbonyl (C=O) groups excluding carboxylic acids is 1. The zero-order valence-corrected chi connectivity index (χ0v) is 15.2. The number of carbonyl (C=O) groups is 1. The number of sulfonamides is 1. The van der Waals surface area contributed by atoms with Crippen molar-refractivity contribution in [2.75, 3.05) is 16.6 Å². The van der Waals surface area contributed by atoms with Gasteiger partial charge in [0.05, 0.1) is 22.0 Å². The number of nitrogens with one attached hydrogen (secondary N) is 1. The van der Waals surface area contributed by atoms with E-state index in [1.807, 2.05) is 0 Å². The number of amides is 1. The third-order valence-corrected chi connectivity index (χ3v) is 6.97. The monoisotopic (exact) mass is 370 g/mol. The Labute approximate surface area is 148 Å². The summed E-state index contributed by atoms with van der Waals surface area (Å²) < 4.78 is 25.9. The summed E-state index contributed by atoms with van der Waals surface area (Å²) in [7, 11) is -3.30. The molecular weight excluding hydrogens is 348 g/mol. The first-order valence-electron chi connectivity index (χ1n) is 8.58. The van der Waals surface area contributed by atoms with Gasteiger partial charge in [0.15, 0.2) is 0 Å². The molecule has 1 aromatic carbocycles. The van der Waals surface area contributed by atoms with Gasteiger partial charge in [-0.15, -0.1) is 0 Å². The fourth-order valence-electron chi connectivity index (χ4n) is 3.43.